The lowest BCUT2D eigenvalue weighted by Crippen LogP contribution is -2.33. The SMILES string of the molecule is C#CCCCN1/C=N/C(F)N/C(N)=C(I)/N=C\1Cc1cc2c(cc1Cl)OCO2. The second-order valence-corrected chi connectivity index (χ2v) is 7.38. The molecule has 28 heavy (non-hydrogen) atoms. The maximum absolute atomic E-state index is 14.0. The number of alkyl halides is 1. The molecule has 0 saturated heterocycles. The van der Waals surface area contributed by atoms with Crippen LogP contribution in [0.5, 0.6) is 11.5 Å². The van der Waals surface area contributed by atoms with Gasteiger partial charge in [0.25, 0.3) is 6.42 Å². The number of amidine groups is 1. The Kier molecular flexibility index (Phi) is 6.85. The minimum absolute atomic E-state index is 0.102. The summed E-state index contributed by atoms with van der Waals surface area (Å²) in [7, 11) is 0. The van der Waals surface area contributed by atoms with Crippen molar-refractivity contribution in [2.24, 2.45) is 15.7 Å². The van der Waals surface area contributed by atoms with Crippen LogP contribution in [-0.4, -0.2) is 36.8 Å². The molecule has 3 rings (SSSR count). The topological polar surface area (TPSA) is 84.5 Å². The number of ether oxygens (including phenoxy) is 2. The van der Waals surface area contributed by atoms with E-state index in [9.17, 15) is 4.39 Å². The first kappa shape index (κ1) is 20.5. The van der Waals surface area contributed by atoms with E-state index in [-0.39, 0.29) is 12.6 Å². The van der Waals surface area contributed by atoms with Gasteiger partial charge in [0, 0.05) is 30.5 Å². The van der Waals surface area contributed by atoms with Crippen molar-refractivity contribution in [2.45, 2.75) is 25.7 Å². The van der Waals surface area contributed by atoms with Crippen LogP contribution < -0.4 is 20.5 Å². The Morgan fingerprint density at radius 1 is 1.43 bits per heavy atom. The zero-order valence-electron chi connectivity index (χ0n) is 14.8. The van der Waals surface area contributed by atoms with Crippen LogP contribution >= 0.6 is 34.2 Å². The molecular formula is C18H18ClFIN5O2. The fourth-order valence-corrected chi connectivity index (χ4v) is 3.27. The number of fused-ring (bicyclic) bond motifs is 1. The lowest BCUT2D eigenvalue weighted by atomic mass is 10.1. The lowest BCUT2D eigenvalue weighted by Gasteiger charge is -2.22. The van der Waals surface area contributed by atoms with E-state index in [1.807, 2.05) is 28.7 Å². The molecule has 7 nitrogen and oxygen atoms in total. The minimum atomic E-state index is -1.68. The summed E-state index contributed by atoms with van der Waals surface area (Å²) in [6, 6.07) is 3.52. The molecule has 148 valence electrons. The smallest absolute Gasteiger partial charge is 0.266 e. The van der Waals surface area contributed by atoms with Gasteiger partial charge in [-0.25, -0.2) is 9.98 Å². The number of hydrogen-bond acceptors (Lipinski definition) is 7. The fourth-order valence-electron chi connectivity index (χ4n) is 2.61. The quantitative estimate of drug-likeness (QED) is 0.271. The highest BCUT2D eigenvalue weighted by Gasteiger charge is 2.21. The van der Waals surface area contributed by atoms with Gasteiger partial charge in [0.2, 0.25) is 6.79 Å². The van der Waals surface area contributed by atoms with Crippen LogP contribution in [0, 0.1) is 12.3 Å². The molecule has 2 aliphatic heterocycles. The third kappa shape index (κ3) is 4.99. The second kappa shape index (κ2) is 9.34. The zero-order chi connectivity index (χ0) is 20.1. The average Bonchev–Trinajstić information content (AvgIpc) is 3.11. The normalized spacial score (nSPS) is 24.3. The summed E-state index contributed by atoms with van der Waals surface area (Å²) in [6.07, 6.45) is 6.69. The predicted octanol–water partition coefficient (Wildman–Crippen LogP) is 3.13. The van der Waals surface area contributed by atoms with E-state index in [2.05, 4.69) is 21.2 Å². The Bertz CT molecular complexity index is 883. The molecule has 2 aliphatic rings. The largest absolute Gasteiger partial charge is 0.454 e. The van der Waals surface area contributed by atoms with E-state index in [1.165, 1.54) is 6.34 Å². The second-order valence-electron chi connectivity index (χ2n) is 5.95. The van der Waals surface area contributed by atoms with E-state index >= 15 is 0 Å². The molecule has 0 radical (unpaired) electrons. The summed E-state index contributed by atoms with van der Waals surface area (Å²) >= 11 is 8.36. The molecule has 1 aromatic carbocycles. The molecule has 1 atom stereocenters. The summed E-state index contributed by atoms with van der Waals surface area (Å²) in [6.45, 7) is 0.674. The highest BCUT2D eigenvalue weighted by molar-refractivity contribution is 14.1. The molecule has 10 heteroatoms. The van der Waals surface area contributed by atoms with Crippen molar-refractivity contribution in [3.05, 3.63) is 32.2 Å². The van der Waals surface area contributed by atoms with Crippen LogP contribution in [0.15, 0.2) is 31.6 Å². The van der Waals surface area contributed by atoms with Gasteiger partial charge in [-0.15, -0.1) is 12.3 Å². The Hall–Kier alpha value is -2.19. The van der Waals surface area contributed by atoms with Crippen molar-refractivity contribution < 1.29 is 13.9 Å². The van der Waals surface area contributed by atoms with Crippen molar-refractivity contribution in [1.82, 2.24) is 10.2 Å². The maximum atomic E-state index is 14.0. The molecule has 2 heterocycles. The van der Waals surface area contributed by atoms with E-state index in [4.69, 9.17) is 33.2 Å². The molecule has 3 N–H and O–H groups in total. The summed E-state index contributed by atoms with van der Waals surface area (Å²) in [4.78, 5) is 10.2. The van der Waals surface area contributed by atoms with Crippen molar-refractivity contribution in [2.75, 3.05) is 13.3 Å². The highest BCUT2D eigenvalue weighted by atomic mass is 127. The first-order valence-electron chi connectivity index (χ1n) is 8.42. The Morgan fingerprint density at radius 2 is 2.18 bits per heavy atom. The molecule has 1 aromatic rings. The third-order valence-electron chi connectivity index (χ3n) is 4.00. The summed E-state index contributed by atoms with van der Waals surface area (Å²) in [5, 5.41) is 2.96. The average molecular weight is 518 g/mol. The molecule has 0 saturated carbocycles. The van der Waals surface area contributed by atoms with Crippen LogP contribution in [0.25, 0.3) is 0 Å². The van der Waals surface area contributed by atoms with Crippen LogP contribution in [0.3, 0.4) is 0 Å². The van der Waals surface area contributed by atoms with Gasteiger partial charge in [-0.05, 0) is 40.6 Å². The molecule has 0 fully saturated rings. The van der Waals surface area contributed by atoms with Crippen molar-refractivity contribution in [1.29, 1.82) is 0 Å². The Labute approximate surface area is 181 Å². The number of nitrogens with two attached hydrogens (primary N) is 1. The van der Waals surface area contributed by atoms with Gasteiger partial charge in [0.15, 0.2) is 11.5 Å². The van der Waals surface area contributed by atoms with E-state index in [0.29, 0.717) is 51.9 Å². The van der Waals surface area contributed by atoms with Crippen molar-refractivity contribution in [3.8, 4) is 23.8 Å². The fraction of sp³-hybridized carbons (Fsp3) is 0.333. The maximum Gasteiger partial charge on any atom is 0.266 e. The number of nitrogens with one attached hydrogen (secondary N) is 1. The number of rotatable bonds is 5. The molecule has 0 amide bonds. The van der Waals surface area contributed by atoms with Gasteiger partial charge in [-0.2, -0.15) is 4.39 Å². The van der Waals surface area contributed by atoms with Crippen molar-refractivity contribution in [3.63, 3.8) is 0 Å². The van der Waals surface area contributed by atoms with E-state index in [1.54, 1.807) is 11.0 Å². The summed E-state index contributed by atoms with van der Waals surface area (Å²) < 4.78 is 25.2. The van der Waals surface area contributed by atoms with E-state index < -0.39 is 6.42 Å². The summed E-state index contributed by atoms with van der Waals surface area (Å²) in [5.74, 6) is 4.51. The zero-order valence-corrected chi connectivity index (χ0v) is 17.7. The highest BCUT2D eigenvalue weighted by Crippen LogP contribution is 2.37. The molecule has 1 unspecified atom stereocenters. The first-order chi connectivity index (χ1) is 13.5. The molecular weight excluding hydrogens is 500 g/mol. The van der Waals surface area contributed by atoms with Crippen LogP contribution in [-0.2, 0) is 6.42 Å². The van der Waals surface area contributed by atoms with Gasteiger partial charge in [0.05, 0.1) is 6.34 Å². The van der Waals surface area contributed by atoms with Crippen LogP contribution in [0.1, 0.15) is 18.4 Å². The van der Waals surface area contributed by atoms with Gasteiger partial charge >= 0.3 is 0 Å². The number of aliphatic imine (C=N–C) groups is 2. The molecule has 0 aromatic heterocycles. The number of terminal acetylenes is 1. The number of benzene rings is 1. The number of nitrogens with zero attached hydrogens (tertiary/aromatic N) is 3. The predicted molar refractivity (Wildman–Crippen MR) is 115 cm³/mol. The molecule has 0 bridgehead atoms. The van der Waals surface area contributed by atoms with Gasteiger partial charge in [-0.3, -0.25) is 0 Å². The molecule has 0 aliphatic carbocycles. The lowest BCUT2D eigenvalue weighted by molar-refractivity contribution is 0.174. The standard InChI is InChI=1S/C18H18ClFIN5O2/c1-2-3-4-5-26-9-23-18(20)25-17(22)16(21)24-15(26)7-11-6-13-14(8-12(11)19)28-10-27-13/h1,6,8-9,18,25H,3-5,7,10,22H2/b17-16+,23-9+,24-15-. The van der Waals surface area contributed by atoms with Crippen LogP contribution in [0.2, 0.25) is 5.02 Å². The van der Waals surface area contributed by atoms with Crippen LogP contribution in [0.4, 0.5) is 4.39 Å². The van der Waals surface area contributed by atoms with Gasteiger partial charge in [0.1, 0.15) is 15.4 Å². The molecule has 0 spiro atoms. The van der Waals surface area contributed by atoms with Crippen molar-refractivity contribution >= 4 is 46.4 Å². The summed E-state index contributed by atoms with van der Waals surface area (Å²) in [5.41, 5.74) is 6.65. The number of hydrogen-bond donors (Lipinski definition) is 2. The number of unbranched alkanes of at least 4 members (excludes halogenated alkanes) is 1. The minimum Gasteiger partial charge on any atom is -0.454 e. The Morgan fingerprint density at radius 3 is 2.93 bits per heavy atom. The third-order valence-corrected chi connectivity index (χ3v) is 5.18. The van der Waals surface area contributed by atoms with Gasteiger partial charge < -0.3 is 25.4 Å². The number of halogens is 3. The monoisotopic (exact) mass is 517 g/mol. The van der Waals surface area contributed by atoms with E-state index in [0.717, 1.165) is 5.56 Å². The first-order valence-corrected chi connectivity index (χ1v) is 9.88. The Balaban J connectivity index is 1.95. The van der Waals surface area contributed by atoms with Gasteiger partial charge in [-0.1, -0.05) is 11.6 Å².